The lowest BCUT2D eigenvalue weighted by molar-refractivity contribution is -0.0106. The highest BCUT2D eigenvalue weighted by Gasteiger charge is 2.39. The van der Waals surface area contributed by atoms with Gasteiger partial charge >= 0.3 is 0 Å². The van der Waals surface area contributed by atoms with E-state index in [1.165, 1.54) is 12.3 Å². The number of hydrogen-bond acceptors (Lipinski definition) is 4. The molecule has 0 spiro atoms. The highest BCUT2D eigenvalue weighted by molar-refractivity contribution is 6.02. The lowest BCUT2D eigenvalue weighted by atomic mass is 9.87. The van der Waals surface area contributed by atoms with Crippen molar-refractivity contribution >= 4 is 5.78 Å². The predicted octanol–water partition coefficient (Wildman–Crippen LogP) is 1.90. The molecule has 1 aromatic heterocycles. The average molecular weight is 266 g/mol. The monoisotopic (exact) mass is 266 g/mol. The quantitative estimate of drug-likeness (QED) is 0.781. The Morgan fingerprint density at radius 2 is 2.16 bits per heavy atom. The Hall–Kier alpha value is -1.33. The Kier molecular flexibility index (Phi) is 4.27. The van der Waals surface area contributed by atoms with Gasteiger partial charge in [0, 0.05) is 24.8 Å². The van der Waals surface area contributed by atoms with E-state index in [2.05, 4.69) is 9.88 Å². The third-order valence-corrected chi connectivity index (χ3v) is 3.85. The fraction of sp³-hybridized carbons (Fsp3) is 0.571. The van der Waals surface area contributed by atoms with E-state index in [-0.39, 0.29) is 5.78 Å². The summed E-state index contributed by atoms with van der Waals surface area (Å²) in [6.07, 6.45) is 3.21. The van der Waals surface area contributed by atoms with Crippen molar-refractivity contribution in [2.75, 3.05) is 26.3 Å². The number of Topliss-reactive ketones (excluding diaryl/α,β-unsaturated/α-hetero) is 1. The molecule has 1 saturated heterocycles. The number of carbonyl (C=O) groups excluding carboxylic acids is 1. The smallest absolute Gasteiger partial charge is 0.184 e. The van der Waals surface area contributed by atoms with Gasteiger partial charge in [0.25, 0.3) is 0 Å². The summed E-state index contributed by atoms with van der Waals surface area (Å²) in [6, 6.07) is 1.25. The van der Waals surface area contributed by atoms with Gasteiger partial charge in [0.15, 0.2) is 5.78 Å². The first-order valence-corrected chi connectivity index (χ1v) is 6.56. The van der Waals surface area contributed by atoms with Crippen LogP contribution in [0.2, 0.25) is 0 Å². The molecule has 1 aliphatic rings. The molecule has 1 aromatic rings. The topological polar surface area (TPSA) is 42.4 Å². The molecular weight excluding hydrogens is 247 g/mol. The highest BCUT2D eigenvalue weighted by Crippen LogP contribution is 2.25. The molecule has 5 heteroatoms. The summed E-state index contributed by atoms with van der Waals surface area (Å²) in [6.45, 7) is 6.58. The van der Waals surface area contributed by atoms with Crippen molar-refractivity contribution in [3.05, 3.63) is 29.8 Å². The number of pyridine rings is 1. The van der Waals surface area contributed by atoms with E-state index >= 15 is 0 Å². The van der Waals surface area contributed by atoms with Gasteiger partial charge in [0.1, 0.15) is 5.82 Å². The van der Waals surface area contributed by atoms with Crippen molar-refractivity contribution in [2.45, 2.75) is 25.8 Å². The summed E-state index contributed by atoms with van der Waals surface area (Å²) in [5.74, 6) is -0.560. The Morgan fingerprint density at radius 3 is 2.74 bits per heavy atom. The largest absolute Gasteiger partial charge is 0.379 e. The zero-order valence-corrected chi connectivity index (χ0v) is 11.4. The van der Waals surface area contributed by atoms with Crippen LogP contribution in [0, 0.1) is 5.82 Å². The van der Waals surface area contributed by atoms with Crippen LogP contribution >= 0.6 is 0 Å². The van der Waals surface area contributed by atoms with E-state index in [1.54, 1.807) is 0 Å². The normalized spacial score (nSPS) is 19.9. The van der Waals surface area contributed by atoms with E-state index in [0.29, 0.717) is 25.2 Å². The van der Waals surface area contributed by atoms with Gasteiger partial charge in [-0.1, -0.05) is 6.92 Å². The van der Waals surface area contributed by atoms with Gasteiger partial charge in [0.05, 0.1) is 24.9 Å². The average Bonchev–Trinajstić information content (AvgIpc) is 2.46. The molecule has 2 rings (SSSR count). The molecule has 0 amide bonds. The summed E-state index contributed by atoms with van der Waals surface area (Å²) < 4.78 is 18.5. The second kappa shape index (κ2) is 5.75. The first-order chi connectivity index (χ1) is 9.08. The Labute approximate surface area is 112 Å². The lowest BCUT2D eigenvalue weighted by Gasteiger charge is -2.41. The highest BCUT2D eigenvalue weighted by atomic mass is 19.1. The molecule has 0 aliphatic carbocycles. The zero-order valence-electron chi connectivity index (χ0n) is 11.4. The van der Waals surface area contributed by atoms with Gasteiger partial charge in [-0.2, -0.15) is 0 Å². The van der Waals surface area contributed by atoms with Crippen LogP contribution in [-0.2, 0) is 4.74 Å². The first kappa shape index (κ1) is 14.1. The molecule has 0 bridgehead atoms. The van der Waals surface area contributed by atoms with Crippen LogP contribution in [0.4, 0.5) is 4.39 Å². The number of carbonyl (C=O) groups is 1. The minimum Gasteiger partial charge on any atom is -0.379 e. The molecule has 0 saturated carbocycles. The number of hydrogen-bond donors (Lipinski definition) is 0. The third-order valence-electron chi connectivity index (χ3n) is 3.85. The molecular formula is C14H19FN2O2. The van der Waals surface area contributed by atoms with Gasteiger partial charge in [-0.3, -0.25) is 14.7 Å². The SMILES string of the molecule is CCC(C)(C(=O)c1cncc(F)c1)N1CCOCC1. The van der Waals surface area contributed by atoms with E-state index in [9.17, 15) is 9.18 Å². The van der Waals surface area contributed by atoms with Crippen molar-refractivity contribution in [3.8, 4) is 0 Å². The second-order valence-corrected chi connectivity index (χ2v) is 4.95. The molecule has 1 aliphatic heterocycles. The van der Waals surface area contributed by atoms with Crippen LogP contribution in [0.15, 0.2) is 18.5 Å². The first-order valence-electron chi connectivity index (χ1n) is 6.56. The maximum Gasteiger partial charge on any atom is 0.184 e. The molecule has 19 heavy (non-hydrogen) atoms. The van der Waals surface area contributed by atoms with E-state index in [4.69, 9.17) is 4.74 Å². The Morgan fingerprint density at radius 1 is 1.47 bits per heavy atom. The summed E-state index contributed by atoms with van der Waals surface area (Å²) in [7, 11) is 0. The van der Waals surface area contributed by atoms with Gasteiger partial charge in [0.2, 0.25) is 0 Å². The van der Waals surface area contributed by atoms with Crippen LogP contribution in [0.5, 0.6) is 0 Å². The minimum atomic E-state index is -0.626. The van der Waals surface area contributed by atoms with Gasteiger partial charge in [-0.15, -0.1) is 0 Å². The Bertz CT molecular complexity index is 461. The van der Waals surface area contributed by atoms with Crippen molar-refractivity contribution in [1.82, 2.24) is 9.88 Å². The molecule has 104 valence electrons. The maximum absolute atomic E-state index is 13.2. The minimum absolute atomic E-state index is 0.0797. The van der Waals surface area contributed by atoms with E-state index in [1.807, 2.05) is 13.8 Å². The molecule has 1 fully saturated rings. The van der Waals surface area contributed by atoms with Gasteiger partial charge < -0.3 is 4.74 Å². The molecule has 0 N–H and O–H groups in total. The number of nitrogens with zero attached hydrogens (tertiary/aromatic N) is 2. The number of aromatic nitrogens is 1. The fourth-order valence-electron chi connectivity index (χ4n) is 2.43. The lowest BCUT2D eigenvalue weighted by Crippen LogP contribution is -2.56. The molecule has 0 radical (unpaired) electrons. The molecule has 1 atom stereocenters. The summed E-state index contributed by atoms with van der Waals surface area (Å²) >= 11 is 0. The van der Waals surface area contributed by atoms with Crippen molar-refractivity contribution in [3.63, 3.8) is 0 Å². The molecule has 0 aromatic carbocycles. The van der Waals surface area contributed by atoms with Crippen LogP contribution in [0.3, 0.4) is 0 Å². The summed E-state index contributed by atoms with van der Waals surface area (Å²) in [4.78, 5) is 18.5. The van der Waals surface area contributed by atoms with Crippen molar-refractivity contribution in [2.24, 2.45) is 0 Å². The second-order valence-electron chi connectivity index (χ2n) is 4.95. The van der Waals surface area contributed by atoms with Crippen LogP contribution in [-0.4, -0.2) is 47.5 Å². The molecule has 1 unspecified atom stereocenters. The third kappa shape index (κ3) is 2.82. The number of rotatable bonds is 4. The van der Waals surface area contributed by atoms with E-state index < -0.39 is 11.4 Å². The van der Waals surface area contributed by atoms with Crippen molar-refractivity contribution < 1.29 is 13.9 Å². The van der Waals surface area contributed by atoms with Gasteiger partial charge in [-0.25, -0.2) is 4.39 Å². The Balaban J connectivity index is 2.26. The standard InChI is InChI=1S/C14H19FN2O2/c1-3-14(2,17-4-6-19-7-5-17)13(18)11-8-12(15)10-16-9-11/h8-10H,3-7H2,1-2H3. The van der Waals surface area contributed by atoms with Gasteiger partial charge in [-0.05, 0) is 19.4 Å². The number of ether oxygens (including phenoxy) is 1. The summed E-state index contributed by atoms with van der Waals surface area (Å²) in [5, 5.41) is 0. The molecule has 2 heterocycles. The predicted molar refractivity (Wildman–Crippen MR) is 69.6 cm³/mol. The number of ketones is 1. The maximum atomic E-state index is 13.2. The zero-order chi connectivity index (χ0) is 13.9. The van der Waals surface area contributed by atoms with E-state index in [0.717, 1.165) is 19.3 Å². The van der Waals surface area contributed by atoms with Crippen LogP contribution < -0.4 is 0 Å². The van der Waals surface area contributed by atoms with Crippen molar-refractivity contribution in [1.29, 1.82) is 0 Å². The fourth-order valence-corrected chi connectivity index (χ4v) is 2.43. The van der Waals surface area contributed by atoms with Crippen LogP contribution in [0.1, 0.15) is 30.6 Å². The van der Waals surface area contributed by atoms with Crippen LogP contribution in [0.25, 0.3) is 0 Å². The number of morpholine rings is 1. The molecule has 4 nitrogen and oxygen atoms in total. The summed E-state index contributed by atoms with van der Waals surface area (Å²) in [5.41, 5.74) is -0.296. The number of halogens is 1.